The molecule has 2 aromatic carbocycles. The first-order chi connectivity index (χ1) is 10.2. The third kappa shape index (κ3) is 3.82. The second kappa shape index (κ2) is 6.27. The van der Waals surface area contributed by atoms with Gasteiger partial charge in [-0.1, -0.05) is 30.3 Å². The van der Waals surface area contributed by atoms with E-state index in [1.165, 1.54) is 24.5 Å². The minimum absolute atomic E-state index is 0.226. The molecule has 1 saturated carbocycles. The number of aryl methyl sites for hydroxylation is 1. The van der Waals surface area contributed by atoms with Crippen molar-refractivity contribution in [2.75, 3.05) is 0 Å². The van der Waals surface area contributed by atoms with Crippen molar-refractivity contribution in [2.24, 2.45) is 0 Å². The van der Waals surface area contributed by atoms with Crippen molar-refractivity contribution >= 4 is 0 Å². The van der Waals surface area contributed by atoms with Gasteiger partial charge in [-0.25, -0.2) is 4.39 Å². The van der Waals surface area contributed by atoms with Gasteiger partial charge in [0.25, 0.3) is 0 Å². The van der Waals surface area contributed by atoms with Gasteiger partial charge in [-0.05, 0) is 42.5 Å². The van der Waals surface area contributed by atoms with Gasteiger partial charge >= 0.3 is 0 Å². The molecule has 0 radical (unpaired) electrons. The van der Waals surface area contributed by atoms with Crippen LogP contribution in [0.3, 0.4) is 0 Å². The smallest absolute Gasteiger partial charge is 0.129 e. The molecule has 21 heavy (non-hydrogen) atoms. The zero-order valence-corrected chi connectivity index (χ0v) is 12.2. The van der Waals surface area contributed by atoms with Crippen molar-refractivity contribution < 1.29 is 9.13 Å². The zero-order valence-electron chi connectivity index (χ0n) is 12.2. The summed E-state index contributed by atoms with van der Waals surface area (Å²) in [5, 5.41) is 3.51. The van der Waals surface area contributed by atoms with Gasteiger partial charge in [-0.15, -0.1) is 0 Å². The van der Waals surface area contributed by atoms with Crippen LogP contribution in [0.5, 0.6) is 5.75 Å². The summed E-state index contributed by atoms with van der Waals surface area (Å²) in [6, 6.07) is 13.9. The predicted octanol–water partition coefficient (Wildman–Crippen LogP) is 3.97. The Morgan fingerprint density at radius 2 is 1.90 bits per heavy atom. The molecule has 0 saturated heterocycles. The standard InChI is InChI=1S/C18H20FNO/c1-13-6-9-17(10-18(13)19)21-12-15-5-3-2-4-14(15)11-20-16-7-8-16/h2-6,9-10,16,20H,7-8,11-12H2,1H3. The molecule has 3 heteroatoms. The van der Waals surface area contributed by atoms with Crippen LogP contribution in [0.15, 0.2) is 42.5 Å². The number of ether oxygens (including phenoxy) is 1. The van der Waals surface area contributed by atoms with Crippen LogP contribution in [0.2, 0.25) is 0 Å². The van der Waals surface area contributed by atoms with Crippen LogP contribution >= 0.6 is 0 Å². The minimum Gasteiger partial charge on any atom is -0.489 e. The average Bonchev–Trinajstić information content (AvgIpc) is 3.31. The van der Waals surface area contributed by atoms with Gasteiger partial charge < -0.3 is 10.1 Å². The third-order valence-corrected chi connectivity index (χ3v) is 3.81. The highest BCUT2D eigenvalue weighted by Gasteiger charge is 2.20. The van der Waals surface area contributed by atoms with Gasteiger partial charge in [0.15, 0.2) is 0 Å². The molecule has 1 aliphatic rings. The van der Waals surface area contributed by atoms with E-state index in [1.54, 1.807) is 13.0 Å². The zero-order chi connectivity index (χ0) is 14.7. The third-order valence-electron chi connectivity index (χ3n) is 3.81. The Bertz CT molecular complexity index is 622. The van der Waals surface area contributed by atoms with Gasteiger partial charge in [0.1, 0.15) is 18.2 Å². The van der Waals surface area contributed by atoms with E-state index >= 15 is 0 Å². The van der Waals surface area contributed by atoms with Crippen LogP contribution in [0, 0.1) is 12.7 Å². The molecule has 0 aromatic heterocycles. The monoisotopic (exact) mass is 285 g/mol. The van der Waals surface area contributed by atoms with E-state index in [0.29, 0.717) is 24.0 Å². The molecule has 3 rings (SSSR count). The molecular weight excluding hydrogens is 265 g/mol. The van der Waals surface area contributed by atoms with Gasteiger partial charge in [-0.2, -0.15) is 0 Å². The Morgan fingerprint density at radius 3 is 2.62 bits per heavy atom. The molecular formula is C18H20FNO. The summed E-state index contributed by atoms with van der Waals surface area (Å²) in [5.74, 6) is 0.347. The van der Waals surface area contributed by atoms with E-state index in [2.05, 4.69) is 17.4 Å². The van der Waals surface area contributed by atoms with Gasteiger partial charge in [-0.3, -0.25) is 0 Å². The van der Waals surface area contributed by atoms with Crippen LogP contribution in [-0.2, 0) is 13.2 Å². The summed E-state index contributed by atoms with van der Waals surface area (Å²) >= 11 is 0. The molecule has 0 heterocycles. The van der Waals surface area contributed by atoms with Crippen molar-refractivity contribution in [3.05, 3.63) is 65.0 Å². The van der Waals surface area contributed by atoms with Crippen molar-refractivity contribution in [2.45, 2.75) is 39.0 Å². The summed E-state index contributed by atoms with van der Waals surface area (Å²) < 4.78 is 19.2. The van der Waals surface area contributed by atoms with Crippen molar-refractivity contribution in [3.63, 3.8) is 0 Å². The van der Waals surface area contributed by atoms with Crippen LogP contribution in [0.25, 0.3) is 0 Å². The van der Waals surface area contributed by atoms with Crippen molar-refractivity contribution in [3.8, 4) is 5.75 Å². The van der Waals surface area contributed by atoms with E-state index in [9.17, 15) is 4.39 Å². The summed E-state index contributed by atoms with van der Waals surface area (Å²) in [6.07, 6.45) is 2.56. The van der Waals surface area contributed by atoms with E-state index in [-0.39, 0.29) is 5.82 Å². The molecule has 0 amide bonds. The minimum atomic E-state index is -0.226. The maximum absolute atomic E-state index is 13.5. The second-order valence-electron chi connectivity index (χ2n) is 5.62. The molecule has 2 nitrogen and oxygen atoms in total. The highest BCUT2D eigenvalue weighted by Crippen LogP contribution is 2.21. The first-order valence-corrected chi connectivity index (χ1v) is 7.41. The SMILES string of the molecule is Cc1ccc(OCc2ccccc2CNC2CC2)cc1F. The molecule has 0 unspecified atom stereocenters. The molecule has 1 aliphatic carbocycles. The Morgan fingerprint density at radius 1 is 1.14 bits per heavy atom. The highest BCUT2D eigenvalue weighted by atomic mass is 19.1. The predicted molar refractivity (Wildman–Crippen MR) is 81.8 cm³/mol. The van der Waals surface area contributed by atoms with E-state index in [4.69, 9.17) is 4.74 Å². The quantitative estimate of drug-likeness (QED) is 0.867. The van der Waals surface area contributed by atoms with E-state index in [0.717, 1.165) is 12.1 Å². The normalized spacial score (nSPS) is 14.2. The molecule has 2 aromatic rings. The number of hydrogen-bond acceptors (Lipinski definition) is 2. The largest absolute Gasteiger partial charge is 0.489 e. The van der Waals surface area contributed by atoms with Crippen LogP contribution in [0.1, 0.15) is 29.5 Å². The molecule has 0 atom stereocenters. The first kappa shape index (κ1) is 14.1. The van der Waals surface area contributed by atoms with E-state index < -0.39 is 0 Å². The van der Waals surface area contributed by atoms with Gasteiger partial charge in [0.2, 0.25) is 0 Å². The van der Waals surface area contributed by atoms with E-state index in [1.807, 2.05) is 18.2 Å². The molecule has 110 valence electrons. The molecule has 0 bridgehead atoms. The summed E-state index contributed by atoms with van der Waals surface area (Å²) in [6.45, 7) is 3.08. The number of halogens is 1. The second-order valence-corrected chi connectivity index (χ2v) is 5.62. The Kier molecular flexibility index (Phi) is 4.20. The molecule has 0 aliphatic heterocycles. The molecule has 1 N–H and O–H groups in total. The number of nitrogens with one attached hydrogen (secondary N) is 1. The maximum Gasteiger partial charge on any atom is 0.129 e. The fourth-order valence-corrected chi connectivity index (χ4v) is 2.24. The summed E-state index contributed by atoms with van der Waals surface area (Å²) in [5.41, 5.74) is 3.03. The van der Waals surface area contributed by atoms with Crippen molar-refractivity contribution in [1.82, 2.24) is 5.32 Å². The number of rotatable bonds is 6. The maximum atomic E-state index is 13.5. The van der Waals surface area contributed by atoms with Crippen LogP contribution in [-0.4, -0.2) is 6.04 Å². The fourth-order valence-electron chi connectivity index (χ4n) is 2.24. The Labute approximate surface area is 125 Å². The fraction of sp³-hybridized carbons (Fsp3) is 0.333. The highest BCUT2D eigenvalue weighted by molar-refractivity contribution is 5.30. The Balaban J connectivity index is 1.64. The van der Waals surface area contributed by atoms with Crippen LogP contribution in [0.4, 0.5) is 4.39 Å². The Hall–Kier alpha value is -1.87. The molecule has 0 spiro atoms. The summed E-state index contributed by atoms with van der Waals surface area (Å²) in [4.78, 5) is 0. The first-order valence-electron chi connectivity index (χ1n) is 7.41. The van der Waals surface area contributed by atoms with Gasteiger partial charge in [0.05, 0.1) is 0 Å². The molecule has 1 fully saturated rings. The van der Waals surface area contributed by atoms with Crippen molar-refractivity contribution in [1.29, 1.82) is 0 Å². The average molecular weight is 285 g/mol. The van der Waals surface area contributed by atoms with Gasteiger partial charge in [0, 0.05) is 18.7 Å². The lowest BCUT2D eigenvalue weighted by Crippen LogP contribution is -2.16. The summed E-state index contributed by atoms with van der Waals surface area (Å²) in [7, 11) is 0. The number of benzene rings is 2. The topological polar surface area (TPSA) is 21.3 Å². The van der Waals surface area contributed by atoms with Crippen LogP contribution < -0.4 is 10.1 Å². The lowest BCUT2D eigenvalue weighted by molar-refractivity contribution is 0.303. The number of hydrogen-bond donors (Lipinski definition) is 1. The lowest BCUT2D eigenvalue weighted by Gasteiger charge is -2.12. The lowest BCUT2D eigenvalue weighted by atomic mass is 10.1.